The van der Waals surface area contributed by atoms with Crippen LogP contribution in [0.25, 0.3) is 0 Å². The van der Waals surface area contributed by atoms with E-state index in [1.807, 2.05) is 80.5 Å². The van der Waals surface area contributed by atoms with Gasteiger partial charge in [0.05, 0.1) is 38.8 Å². The first-order valence-corrected chi connectivity index (χ1v) is 20.5. The first-order chi connectivity index (χ1) is 27.5. The summed E-state index contributed by atoms with van der Waals surface area (Å²) in [6, 6.07) is 12.1. The summed E-state index contributed by atoms with van der Waals surface area (Å²) in [5, 5.41) is 11.3. The highest BCUT2D eigenvalue weighted by Crippen LogP contribution is 2.28. The van der Waals surface area contributed by atoms with Gasteiger partial charge in [-0.15, -0.1) is 0 Å². The van der Waals surface area contributed by atoms with Crippen molar-refractivity contribution in [2.24, 2.45) is 0 Å². The summed E-state index contributed by atoms with van der Waals surface area (Å²) in [7, 11) is 3.20. The van der Waals surface area contributed by atoms with E-state index >= 15 is 0 Å². The number of carbonyl (C=O) groups is 3. The van der Waals surface area contributed by atoms with Crippen molar-refractivity contribution in [1.82, 2.24) is 19.6 Å². The highest BCUT2D eigenvalue weighted by molar-refractivity contribution is 5.73. The first-order valence-electron chi connectivity index (χ1n) is 20.5. The Morgan fingerprint density at radius 1 is 0.712 bits per heavy atom. The highest BCUT2D eigenvalue weighted by atomic mass is 16.6. The van der Waals surface area contributed by atoms with Crippen LogP contribution in [0.5, 0.6) is 11.5 Å². The van der Waals surface area contributed by atoms with Crippen molar-refractivity contribution in [3.63, 3.8) is 0 Å². The molecule has 330 valence electrons. The largest absolute Gasteiger partial charge is 0.497 e. The third kappa shape index (κ3) is 19.1. The van der Waals surface area contributed by atoms with Gasteiger partial charge in [0.25, 0.3) is 5.69 Å². The van der Waals surface area contributed by atoms with Gasteiger partial charge < -0.3 is 23.7 Å². The molecule has 0 spiro atoms. The number of non-ortho nitro benzene ring substituents is 1. The van der Waals surface area contributed by atoms with Gasteiger partial charge in [-0.3, -0.25) is 44.1 Å². The standard InChI is InChI=1S/C44H69N5O10/c1-42(2,3)57-39(50)30-46-23-21-45(22-24-47(26-25-46)31-40(51)58-43(4,5)6)29-36(14-12-13-33-15-18-35(19-16-33)49(53)54)48(32-41(52)59-44(7,8)9)28-34-17-20-37(55-10)27-38(34)56-11/h15-20,27,36H,12-14,21-26,28-32H2,1-11H3. The number of hydrogen-bond donors (Lipinski definition) is 0. The molecule has 1 unspecified atom stereocenters. The predicted octanol–water partition coefficient (Wildman–Crippen LogP) is 5.75. The Balaban J connectivity index is 2.01. The van der Waals surface area contributed by atoms with Gasteiger partial charge in [0, 0.05) is 82.2 Å². The van der Waals surface area contributed by atoms with Crippen molar-refractivity contribution in [2.75, 3.05) is 79.7 Å². The zero-order valence-electron chi connectivity index (χ0n) is 37.3. The second-order valence-corrected chi connectivity index (χ2v) is 18.2. The highest BCUT2D eigenvalue weighted by Gasteiger charge is 2.30. The number of aryl methyl sites for hydroxylation is 1. The molecule has 3 rings (SSSR count). The van der Waals surface area contributed by atoms with Crippen LogP contribution >= 0.6 is 0 Å². The van der Waals surface area contributed by atoms with E-state index in [0.29, 0.717) is 76.7 Å². The maximum Gasteiger partial charge on any atom is 0.320 e. The summed E-state index contributed by atoms with van der Waals surface area (Å²) in [5.74, 6) is 0.280. The molecule has 0 amide bonds. The molecule has 59 heavy (non-hydrogen) atoms. The van der Waals surface area contributed by atoms with Gasteiger partial charge in [-0.2, -0.15) is 0 Å². The minimum atomic E-state index is -0.692. The molecule has 1 saturated heterocycles. The Morgan fingerprint density at radius 2 is 1.20 bits per heavy atom. The zero-order chi connectivity index (χ0) is 44.0. The van der Waals surface area contributed by atoms with Crippen LogP contribution in [0.4, 0.5) is 5.69 Å². The number of esters is 3. The minimum Gasteiger partial charge on any atom is -0.497 e. The Morgan fingerprint density at radius 3 is 1.66 bits per heavy atom. The number of hydrogen-bond acceptors (Lipinski definition) is 14. The summed E-state index contributed by atoms with van der Waals surface area (Å²) in [4.78, 5) is 59.3. The van der Waals surface area contributed by atoms with E-state index < -0.39 is 21.7 Å². The molecule has 1 fully saturated rings. The Bertz CT molecular complexity index is 1620. The van der Waals surface area contributed by atoms with Crippen LogP contribution in [0.15, 0.2) is 42.5 Å². The molecular formula is C44H69N5O10. The quantitative estimate of drug-likeness (QED) is 0.0776. The molecule has 0 radical (unpaired) electrons. The fraction of sp³-hybridized carbons (Fsp3) is 0.659. The van der Waals surface area contributed by atoms with Gasteiger partial charge in [-0.05, 0) is 93.2 Å². The van der Waals surface area contributed by atoms with Crippen molar-refractivity contribution in [3.05, 3.63) is 63.7 Å². The summed E-state index contributed by atoms with van der Waals surface area (Å²) >= 11 is 0. The van der Waals surface area contributed by atoms with Gasteiger partial charge in [0.15, 0.2) is 0 Å². The van der Waals surface area contributed by atoms with E-state index in [1.54, 1.807) is 26.4 Å². The average Bonchev–Trinajstić information content (AvgIpc) is 3.19. The minimum absolute atomic E-state index is 0.0119. The number of benzene rings is 2. The van der Waals surface area contributed by atoms with Crippen molar-refractivity contribution < 1.29 is 43.0 Å². The average molecular weight is 828 g/mol. The van der Waals surface area contributed by atoms with E-state index in [9.17, 15) is 24.5 Å². The van der Waals surface area contributed by atoms with Crippen molar-refractivity contribution in [1.29, 1.82) is 0 Å². The normalized spacial score (nSPS) is 15.7. The van der Waals surface area contributed by atoms with Crippen LogP contribution in [-0.2, 0) is 41.6 Å². The Labute approximate surface area is 351 Å². The van der Waals surface area contributed by atoms with Gasteiger partial charge in [-0.1, -0.05) is 18.2 Å². The third-order valence-corrected chi connectivity index (χ3v) is 9.50. The molecular weight excluding hydrogens is 759 g/mol. The maximum atomic E-state index is 13.6. The topological polar surface area (TPSA) is 153 Å². The Kier molecular flexibility index (Phi) is 18.6. The molecule has 0 saturated carbocycles. The molecule has 2 aromatic rings. The fourth-order valence-corrected chi connectivity index (χ4v) is 6.86. The smallest absolute Gasteiger partial charge is 0.320 e. The lowest BCUT2D eigenvalue weighted by Gasteiger charge is -2.37. The van der Waals surface area contributed by atoms with Crippen LogP contribution in [-0.4, -0.2) is 145 Å². The van der Waals surface area contributed by atoms with Crippen LogP contribution in [0.1, 0.15) is 86.3 Å². The molecule has 0 bridgehead atoms. The molecule has 1 aliphatic rings. The Hall–Kier alpha value is -4.31. The van der Waals surface area contributed by atoms with E-state index in [0.717, 1.165) is 17.5 Å². The van der Waals surface area contributed by atoms with E-state index in [4.69, 9.17) is 23.7 Å². The van der Waals surface area contributed by atoms with E-state index in [2.05, 4.69) is 19.6 Å². The number of rotatable bonds is 18. The predicted molar refractivity (Wildman–Crippen MR) is 227 cm³/mol. The van der Waals surface area contributed by atoms with Gasteiger partial charge >= 0.3 is 17.9 Å². The number of carbonyl (C=O) groups excluding carboxylic acids is 3. The summed E-state index contributed by atoms with van der Waals surface area (Å²) in [6.45, 7) is 21.3. The second-order valence-electron chi connectivity index (χ2n) is 18.2. The number of ether oxygens (including phenoxy) is 5. The molecule has 0 N–H and O–H groups in total. The van der Waals surface area contributed by atoms with E-state index in [1.165, 1.54) is 12.1 Å². The molecule has 15 nitrogen and oxygen atoms in total. The molecule has 1 heterocycles. The number of methoxy groups -OCH3 is 2. The third-order valence-electron chi connectivity index (χ3n) is 9.50. The summed E-state index contributed by atoms with van der Waals surface area (Å²) in [6.07, 6.45) is 2.09. The second kappa shape index (κ2) is 22.3. The monoisotopic (exact) mass is 828 g/mol. The van der Waals surface area contributed by atoms with Crippen molar-refractivity contribution in [2.45, 2.75) is 111 Å². The number of nitro benzene ring substituents is 1. The fourth-order valence-electron chi connectivity index (χ4n) is 6.86. The van der Waals surface area contributed by atoms with Gasteiger partial charge in [-0.25, -0.2) is 0 Å². The first kappa shape index (κ1) is 49.1. The van der Waals surface area contributed by atoms with Gasteiger partial charge in [0.1, 0.15) is 28.3 Å². The molecule has 0 aromatic heterocycles. The molecule has 1 aliphatic heterocycles. The lowest BCUT2D eigenvalue weighted by molar-refractivity contribution is -0.384. The lowest BCUT2D eigenvalue weighted by Crippen LogP contribution is -2.49. The maximum absolute atomic E-state index is 13.6. The molecule has 0 aliphatic carbocycles. The van der Waals surface area contributed by atoms with Crippen molar-refractivity contribution >= 4 is 23.6 Å². The SMILES string of the molecule is COc1ccc(CN(CC(=O)OC(C)(C)C)C(CCCc2ccc([N+](=O)[O-])cc2)CN2CCN(CC(=O)OC(C)(C)C)CCN(CC(=O)OC(C)(C)C)CC2)c(OC)c1. The summed E-state index contributed by atoms with van der Waals surface area (Å²) in [5.41, 5.74) is -0.0630. The van der Waals surface area contributed by atoms with Crippen molar-refractivity contribution in [3.8, 4) is 11.5 Å². The van der Waals surface area contributed by atoms with Crippen LogP contribution < -0.4 is 9.47 Å². The van der Waals surface area contributed by atoms with Crippen LogP contribution in [0.2, 0.25) is 0 Å². The molecule has 15 heteroatoms. The van der Waals surface area contributed by atoms with E-state index in [-0.39, 0.29) is 49.3 Å². The number of nitrogens with zero attached hydrogens (tertiary/aromatic N) is 5. The van der Waals surface area contributed by atoms with Crippen LogP contribution in [0.3, 0.4) is 0 Å². The lowest BCUT2D eigenvalue weighted by atomic mass is 10.0. The number of nitro groups is 1. The molecule has 2 aromatic carbocycles. The zero-order valence-corrected chi connectivity index (χ0v) is 37.3. The summed E-state index contributed by atoms with van der Waals surface area (Å²) < 4.78 is 28.5. The van der Waals surface area contributed by atoms with Gasteiger partial charge in [0.2, 0.25) is 0 Å². The molecule has 1 atom stereocenters. The van der Waals surface area contributed by atoms with Crippen LogP contribution in [0, 0.1) is 10.1 Å².